The van der Waals surface area contributed by atoms with Crippen LogP contribution in [0, 0.1) is 0 Å². The van der Waals surface area contributed by atoms with E-state index in [1.807, 2.05) is 24.3 Å². The van der Waals surface area contributed by atoms with Crippen LogP contribution < -0.4 is 15.5 Å². The van der Waals surface area contributed by atoms with Crippen molar-refractivity contribution in [1.29, 1.82) is 0 Å². The van der Waals surface area contributed by atoms with Crippen molar-refractivity contribution >= 4 is 22.7 Å². The zero-order valence-corrected chi connectivity index (χ0v) is 13.0. The van der Waals surface area contributed by atoms with Gasteiger partial charge in [0.2, 0.25) is 0 Å². The highest BCUT2D eigenvalue weighted by atomic mass is 15.2. The molecule has 1 aromatic carbocycles. The maximum atomic E-state index is 4.90. The average molecular weight is 297 g/mol. The number of aromatic nitrogens is 2. The number of para-hydroxylation sites is 2. The SMILES string of the molecule is CN(c1nc2ccccc2nc1NC1CC1)[C@@H]1CCCNC1. The van der Waals surface area contributed by atoms with Crippen molar-refractivity contribution in [2.24, 2.45) is 0 Å². The molecule has 1 saturated carbocycles. The summed E-state index contributed by atoms with van der Waals surface area (Å²) in [6, 6.07) is 9.19. The first-order valence-electron chi connectivity index (χ1n) is 8.28. The monoisotopic (exact) mass is 297 g/mol. The second-order valence-electron chi connectivity index (χ2n) is 6.41. The van der Waals surface area contributed by atoms with Crippen LogP contribution in [0.1, 0.15) is 25.7 Å². The Balaban J connectivity index is 1.72. The topological polar surface area (TPSA) is 53.1 Å². The van der Waals surface area contributed by atoms with Gasteiger partial charge >= 0.3 is 0 Å². The molecule has 5 nitrogen and oxygen atoms in total. The van der Waals surface area contributed by atoms with Gasteiger partial charge in [-0.15, -0.1) is 0 Å². The van der Waals surface area contributed by atoms with Crippen LogP contribution in [0.5, 0.6) is 0 Å². The Labute approximate surface area is 131 Å². The molecule has 2 aliphatic rings. The molecule has 2 N–H and O–H groups in total. The first-order chi connectivity index (χ1) is 10.8. The Kier molecular flexibility index (Phi) is 3.58. The van der Waals surface area contributed by atoms with Crippen molar-refractivity contribution in [3.8, 4) is 0 Å². The lowest BCUT2D eigenvalue weighted by molar-refractivity contribution is 0.443. The lowest BCUT2D eigenvalue weighted by Gasteiger charge is -2.33. The summed E-state index contributed by atoms with van der Waals surface area (Å²) in [4.78, 5) is 12.0. The van der Waals surface area contributed by atoms with E-state index in [9.17, 15) is 0 Å². The van der Waals surface area contributed by atoms with E-state index in [4.69, 9.17) is 9.97 Å². The van der Waals surface area contributed by atoms with Gasteiger partial charge in [0.05, 0.1) is 11.0 Å². The lowest BCUT2D eigenvalue weighted by Crippen LogP contribution is -2.44. The van der Waals surface area contributed by atoms with Gasteiger partial charge < -0.3 is 15.5 Å². The fourth-order valence-corrected chi connectivity index (χ4v) is 3.09. The molecular formula is C17H23N5. The van der Waals surface area contributed by atoms with Crippen molar-refractivity contribution in [3.63, 3.8) is 0 Å². The number of rotatable bonds is 4. The summed E-state index contributed by atoms with van der Waals surface area (Å²) in [5, 5.41) is 7.05. The van der Waals surface area contributed by atoms with Crippen LogP contribution >= 0.6 is 0 Å². The van der Waals surface area contributed by atoms with Crippen molar-refractivity contribution in [1.82, 2.24) is 15.3 Å². The Morgan fingerprint density at radius 2 is 1.91 bits per heavy atom. The predicted octanol–water partition coefficient (Wildman–Crippen LogP) is 2.39. The number of anilines is 2. The van der Waals surface area contributed by atoms with E-state index >= 15 is 0 Å². The van der Waals surface area contributed by atoms with Gasteiger partial charge in [0.25, 0.3) is 0 Å². The first kappa shape index (κ1) is 13.8. The number of hydrogen-bond acceptors (Lipinski definition) is 5. The van der Waals surface area contributed by atoms with Crippen molar-refractivity contribution in [3.05, 3.63) is 24.3 Å². The summed E-state index contributed by atoms with van der Waals surface area (Å²) in [5.74, 6) is 1.92. The molecule has 1 atom stereocenters. The summed E-state index contributed by atoms with van der Waals surface area (Å²) in [7, 11) is 2.15. The molecule has 4 rings (SSSR count). The number of nitrogens with one attached hydrogen (secondary N) is 2. The minimum Gasteiger partial charge on any atom is -0.364 e. The fraction of sp³-hybridized carbons (Fsp3) is 0.529. The van der Waals surface area contributed by atoms with Gasteiger partial charge in [-0.05, 0) is 44.4 Å². The summed E-state index contributed by atoms with van der Waals surface area (Å²) in [6.07, 6.45) is 4.91. The molecule has 1 aromatic heterocycles. The van der Waals surface area contributed by atoms with Crippen molar-refractivity contribution < 1.29 is 0 Å². The Morgan fingerprint density at radius 3 is 2.59 bits per heavy atom. The van der Waals surface area contributed by atoms with E-state index in [-0.39, 0.29) is 0 Å². The van der Waals surface area contributed by atoms with Gasteiger partial charge in [0.1, 0.15) is 0 Å². The molecule has 116 valence electrons. The third kappa shape index (κ3) is 2.73. The molecule has 0 spiro atoms. The van der Waals surface area contributed by atoms with Gasteiger partial charge in [-0.25, -0.2) is 9.97 Å². The smallest absolute Gasteiger partial charge is 0.172 e. The Morgan fingerprint density at radius 1 is 1.14 bits per heavy atom. The first-order valence-corrected chi connectivity index (χ1v) is 8.28. The predicted molar refractivity (Wildman–Crippen MR) is 90.5 cm³/mol. The van der Waals surface area contributed by atoms with Crippen LogP contribution in [0.25, 0.3) is 11.0 Å². The second kappa shape index (κ2) is 5.72. The molecule has 2 aromatic rings. The fourth-order valence-electron chi connectivity index (χ4n) is 3.09. The molecule has 0 amide bonds. The highest BCUT2D eigenvalue weighted by molar-refractivity contribution is 5.80. The van der Waals surface area contributed by atoms with Crippen LogP contribution in [0.15, 0.2) is 24.3 Å². The van der Waals surface area contributed by atoms with Crippen LogP contribution in [-0.4, -0.2) is 42.2 Å². The zero-order valence-electron chi connectivity index (χ0n) is 13.0. The van der Waals surface area contributed by atoms with E-state index in [0.717, 1.165) is 35.8 Å². The molecule has 5 heteroatoms. The van der Waals surface area contributed by atoms with E-state index < -0.39 is 0 Å². The van der Waals surface area contributed by atoms with Gasteiger partial charge in [0.15, 0.2) is 11.6 Å². The number of fused-ring (bicyclic) bond motifs is 1. The molecule has 2 fully saturated rings. The minimum atomic E-state index is 0.490. The molecule has 22 heavy (non-hydrogen) atoms. The highest BCUT2D eigenvalue weighted by Gasteiger charge is 2.27. The minimum absolute atomic E-state index is 0.490. The highest BCUT2D eigenvalue weighted by Crippen LogP contribution is 2.31. The summed E-state index contributed by atoms with van der Waals surface area (Å²) < 4.78 is 0. The molecule has 0 unspecified atom stereocenters. The third-order valence-electron chi connectivity index (χ3n) is 4.62. The normalized spacial score (nSPS) is 21.8. The molecule has 1 aliphatic heterocycles. The summed E-state index contributed by atoms with van der Waals surface area (Å²) >= 11 is 0. The van der Waals surface area contributed by atoms with Crippen LogP contribution in [-0.2, 0) is 0 Å². The number of piperidine rings is 1. The van der Waals surface area contributed by atoms with Crippen molar-refractivity contribution in [2.45, 2.75) is 37.8 Å². The van der Waals surface area contributed by atoms with Crippen molar-refractivity contribution in [2.75, 3.05) is 30.4 Å². The zero-order chi connectivity index (χ0) is 14.9. The average Bonchev–Trinajstić information content (AvgIpc) is 3.38. The molecule has 1 aliphatic carbocycles. The van der Waals surface area contributed by atoms with Gasteiger partial charge in [-0.1, -0.05) is 12.1 Å². The van der Waals surface area contributed by atoms with Crippen LogP contribution in [0.3, 0.4) is 0 Å². The van der Waals surface area contributed by atoms with E-state index in [0.29, 0.717) is 12.1 Å². The maximum Gasteiger partial charge on any atom is 0.172 e. The standard InChI is InChI=1S/C17H23N5/c1-22(13-5-4-10-18-11-13)17-16(19-12-8-9-12)20-14-6-2-3-7-15(14)21-17/h2-3,6-7,12-13,18H,4-5,8-11H2,1H3,(H,19,20)/t13-/m1/s1. The molecular weight excluding hydrogens is 274 g/mol. The van der Waals surface area contributed by atoms with E-state index in [2.05, 4.69) is 22.6 Å². The summed E-state index contributed by atoms with van der Waals surface area (Å²) in [5.41, 5.74) is 1.93. The van der Waals surface area contributed by atoms with E-state index in [1.54, 1.807) is 0 Å². The lowest BCUT2D eigenvalue weighted by atomic mass is 10.1. The van der Waals surface area contributed by atoms with Gasteiger partial charge in [-0.3, -0.25) is 0 Å². The number of hydrogen-bond donors (Lipinski definition) is 2. The Bertz CT molecular complexity index is 661. The van der Waals surface area contributed by atoms with Gasteiger partial charge in [-0.2, -0.15) is 0 Å². The molecule has 0 radical (unpaired) electrons. The van der Waals surface area contributed by atoms with Crippen LogP contribution in [0.2, 0.25) is 0 Å². The Hall–Kier alpha value is -1.88. The number of likely N-dealkylation sites (N-methyl/N-ethyl adjacent to an activating group) is 1. The quantitative estimate of drug-likeness (QED) is 0.907. The van der Waals surface area contributed by atoms with Crippen LogP contribution in [0.4, 0.5) is 11.6 Å². The summed E-state index contributed by atoms with van der Waals surface area (Å²) in [6.45, 7) is 2.15. The largest absolute Gasteiger partial charge is 0.364 e. The van der Waals surface area contributed by atoms with Gasteiger partial charge in [0, 0.05) is 25.7 Å². The maximum absolute atomic E-state index is 4.90. The molecule has 2 heterocycles. The molecule has 1 saturated heterocycles. The number of benzene rings is 1. The number of nitrogens with zero attached hydrogens (tertiary/aromatic N) is 3. The second-order valence-corrected chi connectivity index (χ2v) is 6.41. The molecule has 0 bridgehead atoms. The third-order valence-corrected chi connectivity index (χ3v) is 4.62. The van der Waals surface area contributed by atoms with E-state index in [1.165, 1.54) is 25.7 Å².